The predicted octanol–water partition coefficient (Wildman–Crippen LogP) is 5.85. The van der Waals surface area contributed by atoms with Crippen LogP contribution in [0.25, 0.3) is 0 Å². The van der Waals surface area contributed by atoms with Gasteiger partial charge >= 0.3 is 0 Å². The van der Waals surface area contributed by atoms with Gasteiger partial charge in [0.25, 0.3) is 5.91 Å². The number of anilines is 2. The van der Waals surface area contributed by atoms with Gasteiger partial charge in [0.15, 0.2) is 0 Å². The van der Waals surface area contributed by atoms with Crippen molar-refractivity contribution in [1.82, 2.24) is 0 Å². The van der Waals surface area contributed by atoms with E-state index < -0.39 is 5.82 Å². The van der Waals surface area contributed by atoms with Crippen LogP contribution in [0.2, 0.25) is 5.02 Å². The lowest BCUT2D eigenvalue weighted by Gasteiger charge is -2.13. The minimum Gasteiger partial charge on any atom is -0.325 e. The first-order chi connectivity index (χ1) is 13.9. The molecule has 0 aliphatic heterocycles. The maximum Gasteiger partial charge on any atom is 0.255 e. The zero-order valence-corrected chi connectivity index (χ0v) is 17.1. The zero-order valence-electron chi connectivity index (χ0n) is 15.5. The van der Waals surface area contributed by atoms with Gasteiger partial charge in [-0.25, -0.2) is 4.39 Å². The minimum atomic E-state index is -0.397. The lowest BCUT2D eigenvalue weighted by atomic mass is 10.2. The quantitative estimate of drug-likeness (QED) is 0.484. The lowest BCUT2D eigenvalue weighted by Crippen LogP contribution is -2.22. The number of rotatable bonds is 6. The number of amides is 2. The van der Waals surface area contributed by atoms with E-state index in [-0.39, 0.29) is 17.1 Å². The fourth-order valence-electron chi connectivity index (χ4n) is 2.49. The van der Waals surface area contributed by atoms with E-state index in [4.69, 9.17) is 11.6 Å². The second-order valence-corrected chi connectivity index (χ2v) is 8.10. The van der Waals surface area contributed by atoms with Crippen molar-refractivity contribution in [3.8, 4) is 0 Å². The van der Waals surface area contributed by atoms with Gasteiger partial charge in [0.05, 0.1) is 5.25 Å². The molecule has 0 fully saturated rings. The van der Waals surface area contributed by atoms with Gasteiger partial charge in [0.2, 0.25) is 5.91 Å². The first-order valence-electron chi connectivity index (χ1n) is 8.81. The molecule has 0 heterocycles. The highest BCUT2D eigenvalue weighted by Gasteiger charge is 2.15. The van der Waals surface area contributed by atoms with E-state index in [9.17, 15) is 14.0 Å². The molecule has 1 unspecified atom stereocenters. The molecular formula is C22H18ClFN2O2S. The van der Waals surface area contributed by atoms with Crippen LogP contribution in [0, 0.1) is 5.82 Å². The second-order valence-electron chi connectivity index (χ2n) is 6.25. The highest BCUT2D eigenvalue weighted by molar-refractivity contribution is 8.00. The molecule has 0 saturated heterocycles. The monoisotopic (exact) mass is 428 g/mol. The third kappa shape index (κ3) is 6.07. The van der Waals surface area contributed by atoms with Gasteiger partial charge in [0, 0.05) is 26.9 Å². The van der Waals surface area contributed by atoms with Gasteiger partial charge in [-0.15, -0.1) is 11.8 Å². The van der Waals surface area contributed by atoms with E-state index in [0.717, 1.165) is 4.90 Å². The summed E-state index contributed by atoms with van der Waals surface area (Å²) in [5, 5.41) is 5.87. The summed E-state index contributed by atoms with van der Waals surface area (Å²) >= 11 is 7.23. The summed E-state index contributed by atoms with van der Waals surface area (Å²) in [6.45, 7) is 1.81. The van der Waals surface area contributed by atoms with Gasteiger partial charge in [-0.2, -0.15) is 0 Å². The molecule has 0 aliphatic carbocycles. The Bertz CT molecular complexity index is 1010. The first-order valence-corrected chi connectivity index (χ1v) is 10.1. The summed E-state index contributed by atoms with van der Waals surface area (Å²) in [5.41, 5.74) is 1.63. The van der Waals surface area contributed by atoms with Crippen LogP contribution in [0.3, 0.4) is 0 Å². The molecule has 0 saturated carbocycles. The molecule has 2 N–H and O–H groups in total. The molecule has 29 heavy (non-hydrogen) atoms. The molecule has 0 spiro atoms. The summed E-state index contributed by atoms with van der Waals surface area (Å²) in [5.74, 6) is -0.871. The summed E-state index contributed by atoms with van der Waals surface area (Å²) < 4.78 is 13.0. The van der Waals surface area contributed by atoms with Crippen molar-refractivity contribution >= 4 is 46.6 Å². The van der Waals surface area contributed by atoms with E-state index in [0.29, 0.717) is 22.0 Å². The summed E-state index contributed by atoms with van der Waals surface area (Å²) in [4.78, 5) is 25.5. The van der Waals surface area contributed by atoms with Gasteiger partial charge in [0.1, 0.15) is 5.82 Å². The molecule has 3 rings (SSSR count). The van der Waals surface area contributed by atoms with Crippen LogP contribution in [0.4, 0.5) is 15.8 Å². The third-order valence-corrected chi connectivity index (χ3v) is 5.34. The fraction of sp³-hybridized carbons (Fsp3) is 0.0909. The number of hydrogen-bond donors (Lipinski definition) is 2. The van der Waals surface area contributed by atoms with Crippen LogP contribution in [0.15, 0.2) is 77.7 Å². The largest absolute Gasteiger partial charge is 0.325 e. The van der Waals surface area contributed by atoms with E-state index in [2.05, 4.69) is 10.6 Å². The smallest absolute Gasteiger partial charge is 0.255 e. The van der Waals surface area contributed by atoms with Crippen molar-refractivity contribution in [2.45, 2.75) is 17.1 Å². The Morgan fingerprint density at radius 2 is 1.62 bits per heavy atom. The highest BCUT2D eigenvalue weighted by atomic mass is 35.5. The molecule has 0 radical (unpaired) electrons. The number of nitrogens with one attached hydrogen (secondary N) is 2. The molecule has 0 bridgehead atoms. The van der Waals surface area contributed by atoms with Crippen LogP contribution in [-0.4, -0.2) is 17.1 Å². The van der Waals surface area contributed by atoms with E-state index in [1.165, 1.54) is 36.0 Å². The molecule has 148 valence electrons. The molecule has 4 nitrogen and oxygen atoms in total. The molecule has 0 aliphatic rings. The minimum absolute atomic E-state index is 0.141. The maximum absolute atomic E-state index is 13.0. The Kier molecular flexibility index (Phi) is 6.90. The molecule has 2 amide bonds. The highest BCUT2D eigenvalue weighted by Crippen LogP contribution is 2.27. The van der Waals surface area contributed by atoms with Gasteiger partial charge in [-0.3, -0.25) is 9.59 Å². The summed E-state index contributed by atoms with van der Waals surface area (Å²) in [6, 6.07) is 19.4. The Labute approximate surface area is 177 Å². The van der Waals surface area contributed by atoms with Crippen molar-refractivity contribution in [2.24, 2.45) is 0 Å². The van der Waals surface area contributed by atoms with Crippen LogP contribution >= 0.6 is 23.4 Å². The van der Waals surface area contributed by atoms with Gasteiger partial charge in [-0.05, 0) is 73.7 Å². The topological polar surface area (TPSA) is 58.2 Å². The molecule has 1 atom stereocenters. The van der Waals surface area contributed by atoms with Crippen LogP contribution in [0.5, 0.6) is 0 Å². The molecule has 0 aromatic heterocycles. The Balaban J connectivity index is 1.61. The van der Waals surface area contributed by atoms with Crippen molar-refractivity contribution in [3.05, 3.63) is 89.2 Å². The van der Waals surface area contributed by atoms with Crippen molar-refractivity contribution in [2.75, 3.05) is 10.6 Å². The van der Waals surface area contributed by atoms with Gasteiger partial charge < -0.3 is 10.6 Å². The van der Waals surface area contributed by atoms with Gasteiger partial charge in [-0.1, -0.05) is 17.7 Å². The number of carbonyl (C=O) groups excluding carboxylic acids is 2. The van der Waals surface area contributed by atoms with Crippen LogP contribution < -0.4 is 10.6 Å². The number of hydrogen-bond acceptors (Lipinski definition) is 3. The predicted molar refractivity (Wildman–Crippen MR) is 116 cm³/mol. The first kappa shape index (κ1) is 20.9. The zero-order chi connectivity index (χ0) is 20.8. The summed E-state index contributed by atoms with van der Waals surface area (Å²) in [7, 11) is 0. The third-order valence-electron chi connectivity index (χ3n) is 3.99. The summed E-state index contributed by atoms with van der Waals surface area (Å²) in [6.07, 6.45) is 0. The molecule has 3 aromatic carbocycles. The Hall–Kier alpha value is -2.83. The Morgan fingerprint density at radius 1 is 0.931 bits per heavy atom. The van der Waals surface area contributed by atoms with Crippen molar-refractivity contribution in [3.63, 3.8) is 0 Å². The SMILES string of the molecule is CC(Sc1cccc(NC(=O)c2ccc(F)cc2)c1)C(=O)Nc1ccc(Cl)cc1. The van der Waals surface area contributed by atoms with Crippen molar-refractivity contribution in [1.29, 1.82) is 0 Å². The van der Waals surface area contributed by atoms with Crippen LogP contribution in [0.1, 0.15) is 17.3 Å². The standard InChI is InChI=1S/C22H18ClFN2O2S/c1-14(21(27)25-18-11-7-16(23)8-12-18)29-20-4-2-3-19(13-20)26-22(28)15-5-9-17(24)10-6-15/h2-14H,1H3,(H,25,27)(H,26,28). The number of benzene rings is 3. The maximum atomic E-state index is 13.0. The average molecular weight is 429 g/mol. The molecule has 3 aromatic rings. The number of carbonyl (C=O) groups is 2. The normalized spacial score (nSPS) is 11.6. The van der Waals surface area contributed by atoms with Crippen molar-refractivity contribution < 1.29 is 14.0 Å². The Morgan fingerprint density at radius 3 is 2.31 bits per heavy atom. The van der Waals surface area contributed by atoms with E-state index in [1.54, 1.807) is 49.4 Å². The second kappa shape index (κ2) is 9.58. The average Bonchev–Trinajstić information content (AvgIpc) is 2.70. The fourth-order valence-corrected chi connectivity index (χ4v) is 3.54. The van der Waals surface area contributed by atoms with Crippen LogP contribution in [-0.2, 0) is 4.79 Å². The number of thioether (sulfide) groups is 1. The number of halogens is 2. The molecule has 7 heteroatoms. The molecular weight excluding hydrogens is 411 g/mol. The van der Waals surface area contributed by atoms with E-state index >= 15 is 0 Å². The van der Waals surface area contributed by atoms with E-state index in [1.807, 2.05) is 6.07 Å². The lowest BCUT2D eigenvalue weighted by molar-refractivity contribution is -0.115.